The number of amides is 1. The molecule has 1 amide bonds. The Morgan fingerprint density at radius 3 is 2.39 bits per heavy atom. The molecule has 0 saturated heterocycles. The van der Waals surface area contributed by atoms with Crippen molar-refractivity contribution in [3.8, 4) is 0 Å². The van der Waals surface area contributed by atoms with Crippen LogP contribution in [0.5, 0.6) is 0 Å². The number of hydrogen-bond donors (Lipinski definition) is 1. The normalized spacial score (nSPS) is 11.9. The molecule has 0 spiro atoms. The summed E-state index contributed by atoms with van der Waals surface area (Å²) in [6.07, 6.45) is 0. The molecule has 1 N–H and O–H groups in total. The van der Waals surface area contributed by atoms with Crippen LogP contribution in [0.3, 0.4) is 0 Å². The van der Waals surface area contributed by atoms with Gasteiger partial charge in [0.05, 0.1) is 0 Å². The van der Waals surface area contributed by atoms with Gasteiger partial charge in [-0.05, 0) is 29.8 Å². The molecule has 2 aromatic carbocycles. The Morgan fingerprint density at radius 2 is 1.78 bits per heavy atom. The maximum absolute atomic E-state index is 12.5. The van der Waals surface area contributed by atoms with Gasteiger partial charge in [-0.2, -0.15) is 0 Å². The molecule has 116 valence electrons. The average molecular weight is 372 g/mol. The molecule has 1 atom stereocenters. The van der Waals surface area contributed by atoms with Crippen molar-refractivity contribution in [2.75, 3.05) is 0 Å². The van der Waals surface area contributed by atoms with E-state index in [0.717, 1.165) is 10.0 Å². The van der Waals surface area contributed by atoms with Crippen LogP contribution in [-0.4, -0.2) is 16.1 Å². The molecule has 1 heterocycles. The third-order valence-electron chi connectivity index (χ3n) is 3.30. The molecule has 5 nitrogen and oxygen atoms in total. The number of nitrogens with one attached hydrogen (secondary N) is 1. The molecule has 0 aliphatic rings. The standard InChI is InChI=1S/C17H14BrN3O2/c1-11-20-21-17(23-11)15(12-5-3-2-4-6-12)19-16(22)13-7-9-14(18)10-8-13/h2-10,15H,1H3,(H,19,22). The predicted octanol–water partition coefficient (Wildman–Crippen LogP) is 3.66. The maximum Gasteiger partial charge on any atom is 0.252 e. The van der Waals surface area contributed by atoms with Crippen molar-refractivity contribution in [3.63, 3.8) is 0 Å². The SMILES string of the molecule is Cc1nnc(C(NC(=O)c2ccc(Br)cc2)c2ccccc2)o1. The van der Waals surface area contributed by atoms with Gasteiger partial charge >= 0.3 is 0 Å². The van der Waals surface area contributed by atoms with E-state index in [1.165, 1.54) is 0 Å². The molecule has 0 saturated carbocycles. The summed E-state index contributed by atoms with van der Waals surface area (Å²) >= 11 is 3.36. The molecule has 0 fully saturated rings. The second-order valence-corrected chi connectivity index (χ2v) is 5.90. The Hall–Kier alpha value is -2.47. The van der Waals surface area contributed by atoms with Crippen LogP contribution in [0, 0.1) is 6.92 Å². The third-order valence-corrected chi connectivity index (χ3v) is 3.83. The van der Waals surface area contributed by atoms with E-state index in [9.17, 15) is 4.79 Å². The maximum atomic E-state index is 12.5. The van der Waals surface area contributed by atoms with Crippen molar-refractivity contribution in [2.45, 2.75) is 13.0 Å². The number of aryl methyl sites for hydroxylation is 1. The van der Waals surface area contributed by atoms with Crippen molar-refractivity contribution in [3.05, 3.63) is 82.0 Å². The van der Waals surface area contributed by atoms with E-state index >= 15 is 0 Å². The van der Waals surface area contributed by atoms with Gasteiger partial charge in [-0.25, -0.2) is 0 Å². The fourth-order valence-electron chi connectivity index (χ4n) is 2.18. The minimum Gasteiger partial charge on any atom is -0.423 e. The second-order valence-electron chi connectivity index (χ2n) is 4.98. The fraction of sp³-hybridized carbons (Fsp3) is 0.118. The van der Waals surface area contributed by atoms with E-state index in [1.54, 1.807) is 19.1 Å². The quantitative estimate of drug-likeness (QED) is 0.759. The van der Waals surface area contributed by atoms with E-state index < -0.39 is 6.04 Å². The zero-order chi connectivity index (χ0) is 16.2. The van der Waals surface area contributed by atoms with Crippen molar-refractivity contribution in [1.29, 1.82) is 0 Å². The number of nitrogens with zero attached hydrogens (tertiary/aromatic N) is 2. The summed E-state index contributed by atoms with van der Waals surface area (Å²) in [5.74, 6) is 0.611. The lowest BCUT2D eigenvalue weighted by atomic mass is 10.1. The predicted molar refractivity (Wildman–Crippen MR) is 88.9 cm³/mol. The van der Waals surface area contributed by atoms with E-state index in [2.05, 4.69) is 31.4 Å². The Bertz CT molecular complexity index is 800. The highest BCUT2D eigenvalue weighted by Gasteiger charge is 2.22. The van der Waals surface area contributed by atoms with E-state index in [-0.39, 0.29) is 5.91 Å². The smallest absolute Gasteiger partial charge is 0.252 e. The molecule has 6 heteroatoms. The second kappa shape index (κ2) is 6.75. The van der Waals surface area contributed by atoms with Crippen LogP contribution in [0.1, 0.15) is 33.7 Å². The van der Waals surface area contributed by atoms with Crippen molar-refractivity contribution in [2.24, 2.45) is 0 Å². The summed E-state index contributed by atoms with van der Waals surface area (Å²) in [6.45, 7) is 1.72. The first-order valence-corrected chi connectivity index (χ1v) is 7.84. The first-order valence-electron chi connectivity index (χ1n) is 7.05. The minimum atomic E-state index is -0.492. The molecule has 0 bridgehead atoms. The first-order chi connectivity index (χ1) is 11.1. The summed E-state index contributed by atoms with van der Waals surface area (Å²) in [6, 6.07) is 16.2. The number of hydrogen-bond acceptors (Lipinski definition) is 4. The number of halogens is 1. The van der Waals surface area contributed by atoms with Crippen LogP contribution >= 0.6 is 15.9 Å². The van der Waals surface area contributed by atoms with Gasteiger partial charge in [0.1, 0.15) is 6.04 Å². The molecule has 23 heavy (non-hydrogen) atoms. The summed E-state index contributed by atoms with van der Waals surface area (Å²) in [4.78, 5) is 12.5. The highest BCUT2D eigenvalue weighted by Crippen LogP contribution is 2.21. The zero-order valence-electron chi connectivity index (χ0n) is 12.4. The van der Waals surface area contributed by atoms with Gasteiger partial charge in [-0.15, -0.1) is 10.2 Å². The third kappa shape index (κ3) is 3.65. The minimum absolute atomic E-state index is 0.206. The number of carbonyl (C=O) groups excluding carboxylic acids is 1. The van der Waals surface area contributed by atoms with Gasteiger partial charge in [-0.1, -0.05) is 46.3 Å². The van der Waals surface area contributed by atoms with Gasteiger partial charge in [0.2, 0.25) is 11.8 Å². The summed E-state index contributed by atoms with van der Waals surface area (Å²) < 4.78 is 6.43. The van der Waals surface area contributed by atoms with Gasteiger partial charge < -0.3 is 9.73 Å². The number of benzene rings is 2. The van der Waals surface area contributed by atoms with Crippen LogP contribution in [0.4, 0.5) is 0 Å². The molecule has 3 aromatic rings. The lowest BCUT2D eigenvalue weighted by molar-refractivity contribution is 0.0937. The largest absolute Gasteiger partial charge is 0.423 e. The lowest BCUT2D eigenvalue weighted by Gasteiger charge is -2.15. The Labute approximate surface area is 141 Å². The molecule has 0 radical (unpaired) electrons. The van der Waals surface area contributed by atoms with Gasteiger partial charge in [0.15, 0.2) is 0 Å². The number of aromatic nitrogens is 2. The molecular weight excluding hydrogens is 358 g/mol. The molecule has 0 aliphatic carbocycles. The molecule has 0 aliphatic heterocycles. The lowest BCUT2D eigenvalue weighted by Crippen LogP contribution is -2.29. The summed E-state index contributed by atoms with van der Waals surface area (Å²) in [7, 11) is 0. The van der Waals surface area contributed by atoms with Crippen molar-refractivity contribution < 1.29 is 9.21 Å². The highest BCUT2D eigenvalue weighted by atomic mass is 79.9. The van der Waals surface area contributed by atoms with E-state index in [4.69, 9.17) is 4.42 Å². The van der Waals surface area contributed by atoms with Crippen LogP contribution in [0.2, 0.25) is 0 Å². The van der Waals surface area contributed by atoms with Crippen molar-refractivity contribution in [1.82, 2.24) is 15.5 Å². The van der Waals surface area contributed by atoms with Crippen molar-refractivity contribution >= 4 is 21.8 Å². The molecule has 1 unspecified atom stereocenters. The first kappa shape index (κ1) is 15.4. The monoisotopic (exact) mass is 371 g/mol. The van der Waals surface area contributed by atoms with Crippen LogP contribution in [-0.2, 0) is 0 Å². The fourth-order valence-corrected chi connectivity index (χ4v) is 2.44. The highest BCUT2D eigenvalue weighted by molar-refractivity contribution is 9.10. The van der Waals surface area contributed by atoms with Gasteiger partial charge in [0.25, 0.3) is 5.91 Å². The Morgan fingerprint density at radius 1 is 1.09 bits per heavy atom. The van der Waals surface area contributed by atoms with Gasteiger partial charge in [0, 0.05) is 17.0 Å². The van der Waals surface area contributed by atoms with Crippen LogP contribution < -0.4 is 5.32 Å². The van der Waals surface area contributed by atoms with Gasteiger partial charge in [-0.3, -0.25) is 4.79 Å². The Balaban J connectivity index is 1.90. The molecular formula is C17H14BrN3O2. The summed E-state index contributed by atoms with van der Waals surface area (Å²) in [5, 5.41) is 10.8. The Kier molecular flexibility index (Phi) is 4.52. The number of rotatable bonds is 4. The topological polar surface area (TPSA) is 68.0 Å². The zero-order valence-corrected chi connectivity index (χ0v) is 13.9. The van der Waals surface area contributed by atoms with E-state index in [1.807, 2.05) is 42.5 Å². The molecule has 3 rings (SSSR count). The molecule has 1 aromatic heterocycles. The van der Waals surface area contributed by atoms with E-state index in [0.29, 0.717) is 17.3 Å². The number of carbonyl (C=O) groups is 1. The van der Waals surface area contributed by atoms with Crippen LogP contribution in [0.15, 0.2) is 63.5 Å². The average Bonchev–Trinajstić information content (AvgIpc) is 3.00. The van der Waals surface area contributed by atoms with Crippen LogP contribution in [0.25, 0.3) is 0 Å². The summed E-state index contributed by atoms with van der Waals surface area (Å²) in [5.41, 5.74) is 1.44.